The largest absolute Gasteiger partial charge is 0.353 e. The van der Waals surface area contributed by atoms with Crippen LogP contribution >= 0.6 is 23.2 Å². The van der Waals surface area contributed by atoms with E-state index in [9.17, 15) is 9.59 Å². The summed E-state index contributed by atoms with van der Waals surface area (Å²) in [5.74, 6) is 0. The van der Waals surface area contributed by atoms with Gasteiger partial charge in [-0.2, -0.15) is 0 Å². The smallest absolute Gasteiger partial charge is 0.332 e. The highest BCUT2D eigenvalue weighted by atomic mass is 35.5. The van der Waals surface area contributed by atoms with Crippen LogP contribution in [0.2, 0.25) is 10.0 Å². The van der Waals surface area contributed by atoms with Crippen LogP contribution in [0.3, 0.4) is 0 Å². The molecule has 3 aromatic rings. The maximum Gasteiger partial charge on any atom is 0.332 e. The number of rotatable bonds is 2. The Bertz CT molecular complexity index is 1040. The number of aromatic nitrogens is 3. The van der Waals surface area contributed by atoms with Crippen LogP contribution in [0.5, 0.6) is 0 Å². The van der Waals surface area contributed by atoms with Crippen molar-refractivity contribution < 1.29 is 0 Å². The van der Waals surface area contributed by atoms with Crippen molar-refractivity contribution in [3.8, 4) is 0 Å². The topological polar surface area (TPSA) is 68.9 Å². The summed E-state index contributed by atoms with van der Waals surface area (Å²) in [7, 11) is 2.99. The van der Waals surface area contributed by atoms with E-state index < -0.39 is 11.2 Å². The van der Waals surface area contributed by atoms with Gasteiger partial charge < -0.3 is 5.32 Å². The minimum atomic E-state index is -0.437. The fraction of sp³-hybridized carbons (Fsp3) is 0.133. The first kappa shape index (κ1) is 15.6. The highest BCUT2D eigenvalue weighted by Gasteiger charge is 2.14. The number of anilines is 2. The van der Waals surface area contributed by atoms with Crippen molar-refractivity contribution >= 4 is 45.6 Å². The predicted molar refractivity (Wildman–Crippen MR) is 92.0 cm³/mol. The molecule has 0 amide bonds. The first-order valence-electron chi connectivity index (χ1n) is 6.67. The molecule has 23 heavy (non-hydrogen) atoms. The SMILES string of the molecule is Cn1c(=O)c2c(Nc3cc(Cl)ccc3Cl)ccnc2n(C)c1=O. The van der Waals surface area contributed by atoms with Gasteiger partial charge in [0.15, 0.2) is 5.65 Å². The number of hydrogen-bond acceptors (Lipinski definition) is 4. The van der Waals surface area contributed by atoms with E-state index in [4.69, 9.17) is 23.2 Å². The van der Waals surface area contributed by atoms with Gasteiger partial charge in [-0.25, -0.2) is 9.78 Å². The zero-order valence-corrected chi connectivity index (χ0v) is 13.8. The highest BCUT2D eigenvalue weighted by molar-refractivity contribution is 6.35. The molecule has 0 aliphatic heterocycles. The van der Waals surface area contributed by atoms with Gasteiger partial charge in [0.05, 0.1) is 16.4 Å². The Hall–Kier alpha value is -2.31. The van der Waals surface area contributed by atoms with E-state index >= 15 is 0 Å². The van der Waals surface area contributed by atoms with E-state index in [2.05, 4.69) is 10.3 Å². The molecule has 2 heterocycles. The summed E-state index contributed by atoms with van der Waals surface area (Å²) in [6.07, 6.45) is 1.52. The number of pyridine rings is 1. The standard InChI is InChI=1S/C15H12Cl2N4O2/c1-20-13-12(14(22)21(2)15(20)23)10(5-6-18-13)19-11-7-8(16)3-4-9(11)17/h3-7H,1-2H3,(H,18,19). The van der Waals surface area contributed by atoms with E-state index in [1.807, 2.05) is 0 Å². The summed E-state index contributed by atoms with van der Waals surface area (Å²) in [6, 6.07) is 6.62. The van der Waals surface area contributed by atoms with Crippen molar-refractivity contribution in [3.05, 3.63) is 61.3 Å². The zero-order valence-electron chi connectivity index (χ0n) is 12.3. The quantitative estimate of drug-likeness (QED) is 0.771. The average Bonchev–Trinajstić information content (AvgIpc) is 2.54. The molecular weight excluding hydrogens is 339 g/mol. The lowest BCUT2D eigenvalue weighted by atomic mass is 10.2. The highest BCUT2D eigenvalue weighted by Crippen LogP contribution is 2.30. The van der Waals surface area contributed by atoms with Gasteiger partial charge in [-0.1, -0.05) is 23.2 Å². The molecule has 0 unspecified atom stereocenters. The van der Waals surface area contributed by atoms with Crippen LogP contribution in [0.25, 0.3) is 11.0 Å². The van der Waals surface area contributed by atoms with Crippen molar-refractivity contribution in [2.45, 2.75) is 0 Å². The number of hydrogen-bond donors (Lipinski definition) is 1. The van der Waals surface area contributed by atoms with Crippen molar-refractivity contribution in [2.75, 3.05) is 5.32 Å². The Labute approximate surface area is 140 Å². The third kappa shape index (κ3) is 2.60. The first-order chi connectivity index (χ1) is 10.9. The summed E-state index contributed by atoms with van der Waals surface area (Å²) < 4.78 is 2.36. The van der Waals surface area contributed by atoms with Crippen molar-refractivity contribution in [1.82, 2.24) is 14.1 Å². The molecule has 0 radical (unpaired) electrons. The van der Waals surface area contributed by atoms with Crippen molar-refractivity contribution in [1.29, 1.82) is 0 Å². The Balaban J connectivity index is 2.29. The summed E-state index contributed by atoms with van der Waals surface area (Å²) in [6.45, 7) is 0. The lowest BCUT2D eigenvalue weighted by Crippen LogP contribution is -2.37. The molecule has 1 N–H and O–H groups in total. The molecule has 8 heteroatoms. The van der Waals surface area contributed by atoms with Gasteiger partial charge in [0.25, 0.3) is 5.56 Å². The minimum absolute atomic E-state index is 0.293. The molecule has 0 aliphatic rings. The van der Waals surface area contributed by atoms with Crippen LogP contribution in [0.15, 0.2) is 40.1 Å². The number of fused-ring (bicyclic) bond motifs is 1. The number of benzene rings is 1. The van der Waals surface area contributed by atoms with E-state index in [1.165, 1.54) is 17.8 Å². The van der Waals surface area contributed by atoms with E-state index in [0.717, 1.165) is 4.57 Å². The van der Waals surface area contributed by atoms with Crippen LogP contribution < -0.4 is 16.6 Å². The van der Waals surface area contributed by atoms with Gasteiger partial charge in [0.2, 0.25) is 0 Å². The number of nitrogens with zero attached hydrogens (tertiary/aromatic N) is 3. The minimum Gasteiger partial charge on any atom is -0.353 e. The normalized spacial score (nSPS) is 11.0. The number of halogens is 2. The second-order valence-electron chi connectivity index (χ2n) is 5.01. The average molecular weight is 351 g/mol. The fourth-order valence-corrected chi connectivity index (χ4v) is 2.67. The number of nitrogens with one attached hydrogen (secondary N) is 1. The molecule has 0 aliphatic carbocycles. The molecule has 3 rings (SSSR count). The molecule has 2 aromatic heterocycles. The lowest BCUT2D eigenvalue weighted by molar-refractivity contribution is 0.708. The van der Waals surface area contributed by atoms with Gasteiger partial charge >= 0.3 is 5.69 Å². The van der Waals surface area contributed by atoms with Gasteiger partial charge in [-0.15, -0.1) is 0 Å². The summed E-state index contributed by atoms with van der Waals surface area (Å²) in [5.41, 5.74) is 0.476. The molecule has 0 saturated carbocycles. The van der Waals surface area contributed by atoms with Crippen molar-refractivity contribution in [3.63, 3.8) is 0 Å². The van der Waals surface area contributed by atoms with Gasteiger partial charge in [-0.05, 0) is 24.3 Å². The molecule has 6 nitrogen and oxygen atoms in total. The van der Waals surface area contributed by atoms with E-state index in [-0.39, 0.29) is 0 Å². The van der Waals surface area contributed by atoms with Crippen LogP contribution in [0.1, 0.15) is 0 Å². The van der Waals surface area contributed by atoms with Crippen LogP contribution in [0.4, 0.5) is 11.4 Å². The summed E-state index contributed by atoms with van der Waals surface area (Å²) in [5, 5.41) is 4.35. The fourth-order valence-electron chi connectivity index (χ4n) is 2.33. The second-order valence-corrected chi connectivity index (χ2v) is 5.86. The summed E-state index contributed by atoms with van der Waals surface area (Å²) in [4.78, 5) is 28.6. The first-order valence-corrected chi connectivity index (χ1v) is 7.42. The van der Waals surface area contributed by atoms with E-state index in [1.54, 1.807) is 31.3 Å². The van der Waals surface area contributed by atoms with Gasteiger partial charge in [0.1, 0.15) is 5.39 Å². The molecule has 0 bridgehead atoms. The molecule has 0 fully saturated rings. The van der Waals surface area contributed by atoms with E-state index in [0.29, 0.717) is 32.5 Å². The molecule has 0 atom stereocenters. The summed E-state index contributed by atoms with van der Waals surface area (Å²) >= 11 is 12.1. The second kappa shape index (κ2) is 5.72. The third-order valence-corrected chi connectivity index (χ3v) is 4.10. The Kier molecular flexibility index (Phi) is 3.87. The maximum atomic E-state index is 12.5. The molecule has 0 spiro atoms. The predicted octanol–water partition coefficient (Wildman–Crippen LogP) is 2.68. The molecular formula is C15H12Cl2N4O2. The van der Waals surface area contributed by atoms with Gasteiger partial charge in [0, 0.05) is 25.3 Å². The Morgan fingerprint density at radius 1 is 1.04 bits per heavy atom. The lowest BCUT2D eigenvalue weighted by Gasteiger charge is -2.13. The molecule has 0 saturated heterocycles. The molecule has 118 valence electrons. The Morgan fingerprint density at radius 2 is 1.78 bits per heavy atom. The van der Waals surface area contributed by atoms with Crippen LogP contribution in [0, 0.1) is 0 Å². The maximum absolute atomic E-state index is 12.5. The number of aryl methyl sites for hydroxylation is 1. The zero-order chi connectivity index (χ0) is 16.7. The third-order valence-electron chi connectivity index (χ3n) is 3.54. The van der Waals surface area contributed by atoms with Gasteiger partial charge in [-0.3, -0.25) is 13.9 Å². The Morgan fingerprint density at radius 3 is 2.52 bits per heavy atom. The van der Waals surface area contributed by atoms with Crippen molar-refractivity contribution in [2.24, 2.45) is 14.1 Å². The molecule has 1 aromatic carbocycles. The monoisotopic (exact) mass is 350 g/mol. The van der Waals surface area contributed by atoms with Crippen LogP contribution in [-0.2, 0) is 14.1 Å². The van der Waals surface area contributed by atoms with Crippen LogP contribution in [-0.4, -0.2) is 14.1 Å².